The minimum Gasteiger partial charge on any atom is -0.240 e. The van der Waals surface area contributed by atoms with Crippen molar-refractivity contribution in [3.63, 3.8) is 0 Å². The van der Waals surface area contributed by atoms with Gasteiger partial charge < -0.3 is 0 Å². The molecule has 0 spiro atoms. The number of sulfonamides is 1. The van der Waals surface area contributed by atoms with Crippen LogP contribution in [0.25, 0.3) is 5.69 Å². The van der Waals surface area contributed by atoms with Crippen LogP contribution in [-0.2, 0) is 16.4 Å². The van der Waals surface area contributed by atoms with Gasteiger partial charge in [0.15, 0.2) is 0 Å². The SMILES string of the molecule is O=S(=O)(c1cnn(-c2ccccc2)c1)N1CCCCC1Cc1ccccc1. The van der Waals surface area contributed by atoms with Gasteiger partial charge in [-0.3, -0.25) is 0 Å². The highest BCUT2D eigenvalue weighted by molar-refractivity contribution is 7.89. The van der Waals surface area contributed by atoms with Gasteiger partial charge in [0, 0.05) is 12.6 Å². The first-order valence-electron chi connectivity index (χ1n) is 9.30. The summed E-state index contributed by atoms with van der Waals surface area (Å²) in [5.74, 6) is 0. The lowest BCUT2D eigenvalue weighted by atomic mass is 9.98. The van der Waals surface area contributed by atoms with Gasteiger partial charge in [-0.1, -0.05) is 55.0 Å². The van der Waals surface area contributed by atoms with E-state index in [1.165, 1.54) is 11.8 Å². The number of benzene rings is 2. The van der Waals surface area contributed by atoms with Crippen molar-refractivity contribution in [3.05, 3.63) is 78.6 Å². The molecule has 1 aliphatic heterocycles. The maximum absolute atomic E-state index is 13.3. The van der Waals surface area contributed by atoms with Gasteiger partial charge in [-0.25, -0.2) is 13.1 Å². The molecule has 140 valence electrons. The van der Waals surface area contributed by atoms with Crippen molar-refractivity contribution in [2.75, 3.05) is 6.54 Å². The molecule has 1 aromatic heterocycles. The van der Waals surface area contributed by atoms with Crippen LogP contribution in [0.1, 0.15) is 24.8 Å². The molecule has 1 saturated heterocycles. The molecule has 1 aliphatic rings. The Hall–Kier alpha value is -2.44. The molecule has 0 bridgehead atoms. The van der Waals surface area contributed by atoms with Crippen molar-refractivity contribution in [3.8, 4) is 5.69 Å². The highest BCUT2D eigenvalue weighted by Crippen LogP contribution is 2.27. The molecule has 0 amide bonds. The standard InChI is InChI=1S/C21H23N3O2S/c25-27(26,21-16-22-23(17-21)19-11-5-2-6-12-19)24-14-8-7-13-20(24)15-18-9-3-1-4-10-18/h1-6,9-12,16-17,20H,7-8,13-15H2. The van der Waals surface area contributed by atoms with E-state index in [-0.39, 0.29) is 10.9 Å². The number of hydrogen-bond acceptors (Lipinski definition) is 3. The topological polar surface area (TPSA) is 55.2 Å². The predicted octanol–water partition coefficient (Wildman–Crippen LogP) is 3.66. The summed E-state index contributed by atoms with van der Waals surface area (Å²) in [4.78, 5) is 0.256. The largest absolute Gasteiger partial charge is 0.246 e. The minimum absolute atomic E-state index is 0.00812. The van der Waals surface area contributed by atoms with Crippen molar-refractivity contribution in [1.29, 1.82) is 0 Å². The highest BCUT2D eigenvalue weighted by atomic mass is 32.2. The third kappa shape index (κ3) is 3.82. The van der Waals surface area contributed by atoms with Crippen LogP contribution in [-0.4, -0.2) is 35.1 Å². The number of rotatable bonds is 5. The van der Waals surface area contributed by atoms with Crippen LogP contribution in [0.3, 0.4) is 0 Å². The first-order valence-corrected chi connectivity index (χ1v) is 10.7. The molecular formula is C21H23N3O2S. The number of piperidine rings is 1. The highest BCUT2D eigenvalue weighted by Gasteiger charge is 2.34. The number of hydrogen-bond donors (Lipinski definition) is 0. The average Bonchev–Trinajstić information content (AvgIpc) is 3.21. The van der Waals surface area contributed by atoms with E-state index in [1.54, 1.807) is 15.2 Å². The van der Waals surface area contributed by atoms with Crippen LogP contribution in [0.5, 0.6) is 0 Å². The first kappa shape index (κ1) is 17.9. The molecule has 3 aromatic rings. The van der Waals surface area contributed by atoms with E-state index >= 15 is 0 Å². The Labute approximate surface area is 160 Å². The van der Waals surface area contributed by atoms with E-state index in [0.29, 0.717) is 6.54 Å². The lowest BCUT2D eigenvalue weighted by molar-refractivity contribution is 0.251. The molecule has 5 nitrogen and oxygen atoms in total. The summed E-state index contributed by atoms with van der Waals surface area (Å²) in [5.41, 5.74) is 2.02. The van der Waals surface area contributed by atoms with E-state index in [2.05, 4.69) is 17.2 Å². The third-order valence-corrected chi connectivity index (χ3v) is 6.98. The van der Waals surface area contributed by atoms with Gasteiger partial charge >= 0.3 is 0 Å². The van der Waals surface area contributed by atoms with Gasteiger partial charge in [0.25, 0.3) is 0 Å². The second kappa shape index (κ2) is 7.66. The van der Waals surface area contributed by atoms with E-state index in [0.717, 1.165) is 31.4 Å². The molecule has 0 saturated carbocycles. The van der Waals surface area contributed by atoms with Crippen LogP contribution in [0.4, 0.5) is 0 Å². The van der Waals surface area contributed by atoms with Crippen LogP contribution in [0.15, 0.2) is 78.0 Å². The first-order chi connectivity index (χ1) is 13.1. The van der Waals surface area contributed by atoms with Gasteiger partial charge in [-0.2, -0.15) is 9.40 Å². The summed E-state index contributed by atoms with van der Waals surface area (Å²) in [5, 5.41) is 4.27. The lowest BCUT2D eigenvalue weighted by Gasteiger charge is -2.34. The zero-order valence-electron chi connectivity index (χ0n) is 15.1. The normalized spacial score (nSPS) is 18.4. The molecule has 0 aliphatic carbocycles. The quantitative estimate of drug-likeness (QED) is 0.678. The van der Waals surface area contributed by atoms with Gasteiger partial charge in [0.2, 0.25) is 10.0 Å². The molecule has 1 atom stereocenters. The van der Waals surface area contributed by atoms with Crippen molar-refractivity contribution in [1.82, 2.24) is 14.1 Å². The summed E-state index contributed by atoms with van der Waals surface area (Å²) in [7, 11) is -3.57. The Morgan fingerprint density at radius 1 is 0.963 bits per heavy atom. The Bertz CT molecular complexity index is 985. The summed E-state index contributed by atoms with van der Waals surface area (Å²) >= 11 is 0. The summed E-state index contributed by atoms with van der Waals surface area (Å²) in [6, 6.07) is 19.7. The van der Waals surface area contributed by atoms with Crippen LogP contribution in [0, 0.1) is 0 Å². The molecule has 1 unspecified atom stereocenters. The Morgan fingerprint density at radius 3 is 2.41 bits per heavy atom. The molecule has 0 N–H and O–H groups in total. The summed E-state index contributed by atoms with van der Waals surface area (Å²) < 4.78 is 29.9. The number of para-hydroxylation sites is 1. The van der Waals surface area contributed by atoms with Gasteiger partial charge in [0.05, 0.1) is 18.1 Å². The summed E-state index contributed by atoms with van der Waals surface area (Å²) in [6.07, 6.45) is 6.66. The molecule has 4 rings (SSSR count). The molecule has 6 heteroatoms. The van der Waals surface area contributed by atoms with Crippen LogP contribution in [0.2, 0.25) is 0 Å². The van der Waals surface area contributed by atoms with Crippen LogP contribution < -0.4 is 0 Å². The monoisotopic (exact) mass is 381 g/mol. The molecular weight excluding hydrogens is 358 g/mol. The number of aromatic nitrogens is 2. The predicted molar refractivity (Wildman–Crippen MR) is 105 cm³/mol. The van der Waals surface area contributed by atoms with Crippen molar-refractivity contribution in [2.45, 2.75) is 36.6 Å². The Kier molecular flexibility index (Phi) is 5.09. The minimum atomic E-state index is -3.57. The van der Waals surface area contributed by atoms with Gasteiger partial charge in [0.1, 0.15) is 4.90 Å². The van der Waals surface area contributed by atoms with Crippen molar-refractivity contribution < 1.29 is 8.42 Å². The van der Waals surface area contributed by atoms with E-state index in [4.69, 9.17) is 0 Å². The third-order valence-electron chi connectivity index (χ3n) is 5.07. The molecule has 1 fully saturated rings. The summed E-state index contributed by atoms with van der Waals surface area (Å²) in [6.45, 7) is 0.566. The van der Waals surface area contributed by atoms with Crippen molar-refractivity contribution >= 4 is 10.0 Å². The fourth-order valence-electron chi connectivity index (χ4n) is 3.68. The van der Waals surface area contributed by atoms with Crippen molar-refractivity contribution in [2.24, 2.45) is 0 Å². The van der Waals surface area contributed by atoms with Gasteiger partial charge in [-0.05, 0) is 37.0 Å². The molecule has 2 aromatic carbocycles. The maximum Gasteiger partial charge on any atom is 0.246 e. The molecule has 27 heavy (non-hydrogen) atoms. The zero-order valence-corrected chi connectivity index (χ0v) is 15.9. The average molecular weight is 382 g/mol. The van der Waals surface area contributed by atoms with Crippen LogP contribution >= 0.6 is 0 Å². The van der Waals surface area contributed by atoms with E-state index in [9.17, 15) is 8.42 Å². The number of nitrogens with zero attached hydrogens (tertiary/aromatic N) is 3. The Morgan fingerprint density at radius 2 is 1.67 bits per heavy atom. The molecule has 0 radical (unpaired) electrons. The molecule has 2 heterocycles. The second-order valence-electron chi connectivity index (χ2n) is 6.91. The van der Waals surface area contributed by atoms with Gasteiger partial charge in [-0.15, -0.1) is 0 Å². The van der Waals surface area contributed by atoms with E-state index in [1.807, 2.05) is 48.5 Å². The fourth-order valence-corrected chi connectivity index (χ4v) is 5.30. The fraction of sp³-hybridized carbons (Fsp3) is 0.286. The lowest BCUT2D eigenvalue weighted by Crippen LogP contribution is -2.44. The smallest absolute Gasteiger partial charge is 0.240 e. The second-order valence-corrected chi connectivity index (χ2v) is 8.80. The Balaban J connectivity index is 1.60. The zero-order chi connectivity index (χ0) is 18.7. The van der Waals surface area contributed by atoms with E-state index < -0.39 is 10.0 Å². The maximum atomic E-state index is 13.3.